The number of thiophene rings is 1. The van der Waals surface area contributed by atoms with Crippen LogP contribution in [-0.4, -0.2) is 49.2 Å². The SMILES string of the molecule is COCCNC(=O)C1CCN(c2nc3ccc(-c4cccs4)nc3s2)CC1. The number of carbonyl (C=O) groups is 1. The summed E-state index contributed by atoms with van der Waals surface area (Å²) in [5.74, 6) is 0.217. The van der Waals surface area contributed by atoms with E-state index in [2.05, 4.69) is 21.7 Å². The van der Waals surface area contributed by atoms with Crippen LogP contribution in [0.15, 0.2) is 29.6 Å². The highest BCUT2D eigenvalue weighted by Crippen LogP contribution is 2.33. The van der Waals surface area contributed by atoms with E-state index in [1.165, 1.54) is 4.88 Å². The molecule has 0 unspecified atom stereocenters. The van der Waals surface area contributed by atoms with Crippen LogP contribution in [-0.2, 0) is 9.53 Å². The Morgan fingerprint density at radius 3 is 2.89 bits per heavy atom. The Labute approximate surface area is 166 Å². The predicted octanol–water partition coefficient (Wildman–Crippen LogP) is 3.40. The zero-order valence-corrected chi connectivity index (χ0v) is 16.8. The molecule has 0 atom stereocenters. The summed E-state index contributed by atoms with van der Waals surface area (Å²) in [6.45, 7) is 2.82. The van der Waals surface area contributed by atoms with E-state index in [0.717, 1.165) is 47.1 Å². The summed E-state index contributed by atoms with van der Waals surface area (Å²) in [6.07, 6.45) is 1.70. The average molecular weight is 403 g/mol. The minimum Gasteiger partial charge on any atom is -0.383 e. The lowest BCUT2D eigenvalue weighted by Crippen LogP contribution is -2.41. The Kier molecular flexibility index (Phi) is 5.66. The fourth-order valence-corrected chi connectivity index (χ4v) is 4.94. The van der Waals surface area contributed by atoms with Crippen LogP contribution in [0.4, 0.5) is 5.13 Å². The molecule has 8 heteroatoms. The van der Waals surface area contributed by atoms with Gasteiger partial charge in [-0.15, -0.1) is 11.3 Å². The van der Waals surface area contributed by atoms with E-state index in [1.807, 2.05) is 18.2 Å². The Morgan fingerprint density at radius 2 is 2.15 bits per heavy atom. The van der Waals surface area contributed by atoms with Crippen molar-refractivity contribution in [2.75, 3.05) is 38.3 Å². The van der Waals surface area contributed by atoms with Crippen molar-refractivity contribution in [1.82, 2.24) is 15.3 Å². The minimum atomic E-state index is 0.0797. The van der Waals surface area contributed by atoms with Gasteiger partial charge in [0.05, 0.1) is 17.2 Å². The first-order valence-electron chi connectivity index (χ1n) is 9.07. The minimum absolute atomic E-state index is 0.0797. The van der Waals surface area contributed by atoms with Crippen LogP contribution in [0.5, 0.6) is 0 Å². The smallest absolute Gasteiger partial charge is 0.223 e. The molecule has 0 aromatic carbocycles. The second kappa shape index (κ2) is 8.33. The van der Waals surface area contributed by atoms with Crippen LogP contribution < -0.4 is 10.2 Å². The Balaban J connectivity index is 1.41. The molecular formula is C19H22N4O2S2. The van der Waals surface area contributed by atoms with E-state index in [9.17, 15) is 4.79 Å². The van der Waals surface area contributed by atoms with Gasteiger partial charge < -0.3 is 15.0 Å². The third kappa shape index (κ3) is 4.12. The molecule has 1 aliphatic heterocycles. The second-order valence-electron chi connectivity index (χ2n) is 6.54. The molecule has 27 heavy (non-hydrogen) atoms. The average Bonchev–Trinajstić information content (AvgIpc) is 3.37. The van der Waals surface area contributed by atoms with Gasteiger partial charge in [-0.05, 0) is 36.4 Å². The number of rotatable bonds is 6. The zero-order chi connectivity index (χ0) is 18.6. The number of thiazole rings is 1. The quantitative estimate of drug-likeness (QED) is 0.640. The molecule has 0 spiro atoms. The number of aromatic nitrogens is 2. The molecule has 1 aliphatic rings. The molecule has 0 saturated carbocycles. The third-order valence-electron chi connectivity index (χ3n) is 4.76. The molecule has 1 saturated heterocycles. The van der Waals surface area contributed by atoms with Crippen molar-refractivity contribution in [1.29, 1.82) is 0 Å². The van der Waals surface area contributed by atoms with Gasteiger partial charge in [-0.2, -0.15) is 0 Å². The fraction of sp³-hybridized carbons (Fsp3) is 0.421. The normalized spacial score (nSPS) is 15.4. The molecular weight excluding hydrogens is 380 g/mol. The van der Waals surface area contributed by atoms with Gasteiger partial charge in [0, 0.05) is 32.7 Å². The maximum absolute atomic E-state index is 12.2. The Bertz CT molecular complexity index is 902. The Morgan fingerprint density at radius 1 is 1.30 bits per heavy atom. The van der Waals surface area contributed by atoms with Gasteiger partial charge in [0.2, 0.25) is 5.91 Å². The molecule has 0 aliphatic carbocycles. The first-order valence-corrected chi connectivity index (χ1v) is 10.8. The van der Waals surface area contributed by atoms with Gasteiger partial charge in [0.15, 0.2) is 5.13 Å². The number of piperidine rings is 1. The maximum atomic E-state index is 12.2. The summed E-state index contributed by atoms with van der Waals surface area (Å²) in [4.78, 5) is 26.2. The highest BCUT2D eigenvalue weighted by atomic mass is 32.1. The fourth-order valence-electron chi connectivity index (χ4n) is 3.26. The third-order valence-corrected chi connectivity index (χ3v) is 6.68. The molecule has 4 heterocycles. The summed E-state index contributed by atoms with van der Waals surface area (Å²) in [7, 11) is 1.64. The number of carbonyl (C=O) groups excluding carboxylic acids is 1. The molecule has 1 amide bonds. The summed E-state index contributed by atoms with van der Waals surface area (Å²) in [6, 6.07) is 8.21. The largest absolute Gasteiger partial charge is 0.383 e. The number of fused-ring (bicyclic) bond motifs is 1. The van der Waals surface area contributed by atoms with Gasteiger partial charge in [-0.25, -0.2) is 9.97 Å². The zero-order valence-electron chi connectivity index (χ0n) is 15.2. The predicted molar refractivity (Wildman–Crippen MR) is 111 cm³/mol. The first kappa shape index (κ1) is 18.3. The van der Waals surface area contributed by atoms with Gasteiger partial charge in [-0.3, -0.25) is 4.79 Å². The van der Waals surface area contributed by atoms with Crippen LogP contribution in [0, 0.1) is 5.92 Å². The number of pyridine rings is 1. The number of nitrogens with one attached hydrogen (secondary N) is 1. The van der Waals surface area contributed by atoms with Crippen molar-refractivity contribution in [3.05, 3.63) is 29.6 Å². The summed E-state index contributed by atoms with van der Waals surface area (Å²) < 4.78 is 4.98. The lowest BCUT2D eigenvalue weighted by Gasteiger charge is -2.30. The van der Waals surface area contributed by atoms with Crippen LogP contribution in [0.3, 0.4) is 0 Å². The van der Waals surface area contributed by atoms with Gasteiger partial charge in [-0.1, -0.05) is 17.4 Å². The molecule has 142 valence electrons. The summed E-state index contributed by atoms with van der Waals surface area (Å²) in [5, 5.41) is 6.01. The molecule has 6 nitrogen and oxygen atoms in total. The van der Waals surface area contributed by atoms with Crippen LogP contribution in [0.1, 0.15) is 12.8 Å². The summed E-state index contributed by atoms with van der Waals surface area (Å²) >= 11 is 3.33. The molecule has 1 fully saturated rings. The maximum Gasteiger partial charge on any atom is 0.223 e. The van der Waals surface area contributed by atoms with Gasteiger partial charge in [0.1, 0.15) is 10.3 Å². The van der Waals surface area contributed by atoms with Crippen molar-refractivity contribution in [3.63, 3.8) is 0 Å². The molecule has 1 N–H and O–H groups in total. The number of amides is 1. The highest BCUT2D eigenvalue weighted by molar-refractivity contribution is 7.21. The standard InChI is InChI=1S/C19H22N4O2S2/c1-25-11-8-20-17(24)13-6-9-23(10-7-13)19-22-15-5-4-14(21-18(15)27-19)16-3-2-12-26-16/h2-5,12-13H,6-11H2,1H3,(H,20,24). The molecule has 4 rings (SSSR count). The number of anilines is 1. The number of ether oxygens (including phenoxy) is 1. The van der Waals surface area contributed by atoms with Crippen LogP contribution >= 0.6 is 22.7 Å². The van der Waals surface area contributed by atoms with Crippen molar-refractivity contribution >= 4 is 44.1 Å². The highest BCUT2D eigenvalue weighted by Gasteiger charge is 2.26. The molecule has 3 aromatic rings. The van der Waals surface area contributed by atoms with E-state index in [-0.39, 0.29) is 11.8 Å². The van der Waals surface area contributed by atoms with Gasteiger partial charge >= 0.3 is 0 Å². The molecule has 0 bridgehead atoms. The lowest BCUT2D eigenvalue weighted by atomic mass is 9.96. The molecule has 3 aromatic heterocycles. The number of nitrogens with zero attached hydrogens (tertiary/aromatic N) is 3. The lowest BCUT2D eigenvalue weighted by molar-refractivity contribution is -0.125. The van der Waals surface area contributed by atoms with Crippen LogP contribution in [0.2, 0.25) is 0 Å². The van der Waals surface area contributed by atoms with Crippen molar-refractivity contribution in [3.8, 4) is 10.6 Å². The van der Waals surface area contributed by atoms with Gasteiger partial charge in [0.25, 0.3) is 0 Å². The van der Waals surface area contributed by atoms with Crippen molar-refractivity contribution in [2.45, 2.75) is 12.8 Å². The molecule has 0 radical (unpaired) electrons. The first-order chi connectivity index (χ1) is 13.2. The van der Waals surface area contributed by atoms with E-state index < -0.39 is 0 Å². The van der Waals surface area contributed by atoms with E-state index in [1.54, 1.807) is 29.8 Å². The topological polar surface area (TPSA) is 67.3 Å². The van der Waals surface area contributed by atoms with E-state index in [0.29, 0.717) is 13.2 Å². The van der Waals surface area contributed by atoms with E-state index in [4.69, 9.17) is 14.7 Å². The van der Waals surface area contributed by atoms with Crippen molar-refractivity contribution < 1.29 is 9.53 Å². The number of hydrogen-bond donors (Lipinski definition) is 1. The second-order valence-corrected chi connectivity index (χ2v) is 8.44. The Hall–Kier alpha value is -2.03. The number of hydrogen-bond acceptors (Lipinski definition) is 7. The summed E-state index contributed by atoms with van der Waals surface area (Å²) in [5.41, 5.74) is 1.94. The van der Waals surface area contributed by atoms with Crippen molar-refractivity contribution in [2.24, 2.45) is 5.92 Å². The van der Waals surface area contributed by atoms with E-state index >= 15 is 0 Å². The monoisotopic (exact) mass is 402 g/mol. The van der Waals surface area contributed by atoms with Crippen LogP contribution in [0.25, 0.3) is 20.9 Å². The number of methoxy groups -OCH3 is 1.